The van der Waals surface area contributed by atoms with Crippen molar-refractivity contribution < 1.29 is 23.8 Å². The SMILES string of the molecule is O=C(O)C(O)c1cc(F)c(Cl)c(F)c1. The Morgan fingerprint density at radius 3 is 2.14 bits per heavy atom. The normalized spacial score (nSPS) is 12.6. The van der Waals surface area contributed by atoms with Crippen LogP contribution in [0.15, 0.2) is 12.1 Å². The molecule has 0 aromatic heterocycles. The molecule has 1 unspecified atom stereocenters. The minimum atomic E-state index is -1.96. The summed E-state index contributed by atoms with van der Waals surface area (Å²) in [4.78, 5) is 10.3. The predicted molar refractivity (Wildman–Crippen MR) is 44.0 cm³/mol. The van der Waals surface area contributed by atoms with E-state index in [2.05, 4.69) is 0 Å². The van der Waals surface area contributed by atoms with Crippen LogP contribution >= 0.6 is 11.6 Å². The van der Waals surface area contributed by atoms with Crippen LogP contribution in [0.5, 0.6) is 0 Å². The molecule has 0 bridgehead atoms. The first-order valence-corrected chi connectivity index (χ1v) is 3.86. The van der Waals surface area contributed by atoms with Crippen molar-refractivity contribution in [1.29, 1.82) is 0 Å². The summed E-state index contributed by atoms with van der Waals surface area (Å²) in [6.07, 6.45) is -1.96. The molecule has 6 heteroatoms. The fourth-order valence-electron chi connectivity index (χ4n) is 0.876. The lowest BCUT2D eigenvalue weighted by Gasteiger charge is -2.06. The summed E-state index contributed by atoms with van der Waals surface area (Å²) in [5.41, 5.74) is -0.392. The van der Waals surface area contributed by atoms with Crippen LogP contribution in [0.4, 0.5) is 8.78 Å². The van der Waals surface area contributed by atoms with E-state index in [1.807, 2.05) is 0 Å². The van der Waals surface area contributed by atoms with Gasteiger partial charge in [0, 0.05) is 0 Å². The molecular formula is C8H5ClF2O3. The third-order valence-electron chi connectivity index (χ3n) is 1.56. The fourth-order valence-corrected chi connectivity index (χ4v) is 0.985. The van der Waals surface area contributed by atoms with Gasteiger partial charge in [-0.3, -0.25) is 0 Å². The molecule has 0 aliphatic carbocycles. The van der Waals surface area contributed by atoms with Crippen molar-refractivity contribution in [3.05, 3.63) is 34.4 Å². The van der Waals surface area contributed by atoms with Crippen LogP contribution in [0.3, 0.4) is 0 Å². The quantitative estimate of drug-likeness (QED) is 0.750. The van der Waals surface area contributed by atoms with E-state index in [1.165, 1.54) is 0 Å². The predicted octanol–water partition coefficient (Wildman–Crippen LogP) is 1.74. The van der Waals surface area contributed by atoms with Gasteiger partial charge in [-0.05, 0) is 17.7 Å². The van der Waals surface area contributed by atoms with E-state index in [4.69, 9.17) is 21.8 Å². The minimum absolute atomic E-state index is 0.392. The maximum absolute atomic E-state index is 12.8. The van der Waals surface area contributed by atoms with Gasteiger partial charge in [-0.1, -0.05) is 11.6 Å². The molecule has 1 atom stereocenters. The van der Waals surface area contributed by atoms with E-state index in [0.29, 0.717) is 12.1 Å². The molecule has 0 aliphatic heterocycles. The number of halogens is 3. The summed E-state index contributed by atoms with van der Waals surface area (Å²) in [6, 6.07) is 1.34. The molecule has 1 aromatic carbocycles. The molecule has 0 saturated carbocycles. The Labute approximate surface area is 82.5 Å². The van der Waals surface area contributed by atoms with Crippen molar-refractivity contribution >= 4 is 17.6 Å². The highest BCUT2D eigenvalue weighted by molar-refractivity contribution is 6.30. The van der Waals surface area contributed by atoms with Gasteiger partial charge in [0.1, 0.15) is 16.7 Å². The molecule has 0 heterocycles. The molecule has 0 fully saturated rings. The number of aliphatic hydroxyl groups excluding tert-OH is 1. The van der Waals surface area contributed by atoms with Gasteiger partial charge < -0.3 is 10.2 Å². The smallest absolute Gasteiger partial charge is 0.337 e. The zero-order valence-electron chi connectivity index (χ0n) is 6.67. The Morgan fingerprint density at radius 1 is 1.36 bits per heavy atom. The van der Waals surface area contributed by atoms with Crippen LogP contribution < -0.4 is 0 Å². The summed E-state index contributed by atoms with van der Waals surface area (Å²) >= 11 is 5.15. The summed E-state index contributed by atoms with van der Waals surface area (Å²) in [5, 5.41) is 16.6. The first-order valence-electron chi connectivity index (χ1n) is 3.48. The number of hydrogen-bond acceptors (Lipinski definition) is 2. The van der Waals surface area contributed by atoms with Crippen LogP contribution in [-0.2, 0) is 4.79 Å². The summed E-state index contributed by atoms with van der Waals surface area (Å²) in [5.74, 6) is -3.81. The van der Waals surface area contributed by atoms with Crippen LogP contribution in [0.2, 0.25) is 5.02 Å². The molecule has 0 radical (unpaired) electrons. The third-order valence-corrected chi connectivity index (χ3v) is 1.92. The van der Waals surface area contributed by atoms with Crippen molar-refractivity contribution in [3.63, 3.8) is 0 Å². The topological polar surface area (TPSA) is 57.5 Å². The standard InChI is InChI=1S/C8H5ClF2O3/c9-6-4(10)1-3(2-5(6)11)7(12)8(13)14/h1-2,7,12H,(H,13,14). The Hall–Kier alpha value is -1.20. The van der Waals surface area contributed by atoms with Crippen LogP contribution in [0, 0.1) is 11.6 Å². The Balaban J connectivity index is 3.19. The second kappa shape index (κ2) is 3.89. The number of carbonyl (C=O) groups is 1. The van der Waals surface area contributed by atoms with E-state index in [9.17, 15) is 13.6 Å². The van der Waals surface area contributed by atoms with Crippen molar-refractivity contribution in [1.82, 2.24) is 0 Å². The number of aliphatic carboxylic acids is 1. The second-order valence-corrected chi connectivity index (χ2v) is 2.92. The number of carboxylic acids is 1. The van der Waals surface area contributed by atoms with Gasteiger partial charge in [-0.15, -0.1) is 0 Å². The molecule has 1 rings (SSSR count). The zero-order chi connectivity index (χ0) is 10.9. The van der Waals surface area contributed by atoms with Gasteiger partial charge in [0.15, 0.2) is 6.10 Å². The average molecular weight is 223 g/mol. The number of aliphatic hydroxyl groups is 1. The first-order chi connectivity index (χ1) is 6.43. The Bertz CT molecular complexity index is 358. The monoisotopic (exact) mass is 222 g/mol. The summed E-state index contributed by atoms with van der Waals surface area (Å²) < 4.78 is 25.6. The van der Waals surface area contributed by atoms with Gasteiger partial charge in [0.25, 0.3) is 0 Å². The van der Waals surface area contributed by atoms with Crippen molar-refractivity contribution in [2.45, 2.75) is 6.10 Å². The first kappa shape index (κ1) is 10.9. The minimum Gasteiger partial charge on any atom is -0.479 e. The molecule has 14 heavy (non-hydrogen) atoms. The highest BCUT2D eigenvalue weighted by Crippen LogP contribution is 2.23. The van der Waals surface area contributed by atoms with Gasteiger partial charge >= 0.3 is 5.97 Å². The molecule has 0 amide bonds. The average Bonchev–Trinajstić information content (AvgIpc) is 2.12. The van der Waals surface area contributed by atoms with Gasteiger partial charge in [0.2, 0.25) is 0 Å². The lowest BCUT2D eigenvalue weighted by atomic mass is 10.1. The van der Waals surface area contributed by atoms with E-state index in [1.54, 1.807) is 0 Å². The lowest BCUT2D eigenvalue weighted by Crippen LogP contribution is -2.11. The molecule has 2 N–H and O–H groups in total. The molecule has 0 spiro atoms. The fraction of sp³-hybridized carbons (Fsp3) is 0.125. The largest absolute Gasteiger partial charge is 0.479 e. The number of rotatable bonds is 2. The number of benzene rings is 1. The lowest BCUT2D eigenvalue weighted by molar-refractivity contribution is -0.146. The summed E-state index contributed by atoms with van der Waals surface area (Å²) in [7, 11) is 0. The molecule has 0 saturated heterocycles. The molecule has 1 aromatic rings. The summed E-state index contributed by atoms with van der Waals surface area (Å²) in [6.45, 7) is 0. The van der Waals surface area contributed by atoms with Gasteiger partial charge in [-0.2, -0.15) is 0 Å². The van der Waals surface area contributed by atoms with Crippen LogP contribution in [0.25, 0.3) is 0 Å². The van der Waals surface area contributed by atoms with Crippen molar-refractivity contribution in [2.75, 3.05) is 0 Å². The Kier molecular flexibility index (Phi) is 3.03. The molecular weight excluding hydrogens is 218 g/mol. The van der Waals surface area contributed by atoms with Crippen molar-refractivity contribution in [2.24, 2.45) is 0 Å². The van der Waals surface area contributed by atoms with E-state index in [-0.39, 0.29) is 0 Å². The highest BCUT2D eigenvalue weighted by atomic mass is 35.5. The maximum atomic E-state index is 12.8. The third kappa shape index (κ3) is 2.00. The molecule has 76 valence electrons. The van der Waals surface area contributed by atoms with E-state index < -0.39 is 34.3 Å². The van der Waals surface area contributed by atoms with Gasteiger partial charge in [-0.25, -0.2) is 13.6 Å². The highest BCUT2D eigenvalue weighted by Gasteiger charge is 2.19. The maximum Gasteiger partial charge on any atom is 0.337 e. The van der Waals surface area contributed by atoms with Gasteiger partial charge in [0.05, 0.1) is 0 Å². The van der Waals surface area contributed by atoms with Crippen molar-refractivity contribution in [3.8, 4) is 0 Å². The number of hydrogen-bond donors (Lipinski definition) is 2. The van der Waals surface area contributed by atoms with E-state index in [0.717, 1.165) is 0 Å². The molecule has 0 aliphatic rings. The van der Waals surface area contributed by atoms with Crippen LogP contribution in [0.1, 0.15) is 11.7 Å². The second-order valence-electron chi connectivity index (χ2n) is 2.54. The molecule has 3 nitrogen and oxygen atoms in total. The Morgan fingerprint density at radius 2 is 1.79 bits per heavy atom. The van der Waals surface area contributed by atoms with E-state index >= 15 is 0 Å². The van der Waals surface area contributed by atoms with Crippen LogP contribution in [-0.4, -0.2) is 16.2 Å². The number of carboxylic acid groups (broad SMARTS) is 1. The zero-order valence-corrected chi connectivity index (χ0v) is 7.42.